The Labute approximate surface area is 113 Å². The van der Waals surface area contributed by atoms with Gasteiger partial charge in [-0.3, -0.25) is 4.98 Å². The molecule has 20 heavy (non-hydrogen) atoms. The number of hydrogen-bond acceptors (Lipinski definition) is 3. The highest BCUT2D eigenvalue weighted by molar-refractivity contribution is 5.82. The molecule has 0 aliphatic rings. The van der Waals surface area contributed by atoms with Crippen molar-refractivity contribution in [1.29, 1.82) is 0 Å². The number of nitrogens with one attached hydrogen (secondary N) is 2. The molecule has 6 nitrogen and oxygen atoms in total. The number of aromatic nitrogens is 5. The fourth-order valence-electron chi connectivity index (χ4n) is 2.38. The number of benzene rings is 1. The predicted octanol–water partition coefficient (Wildman–Crippen LogP) is 1.90. The third kappa shape index (κ3) is 1.48. The molecule has 1 aromatic carbocycles. The highest BCUT2D eigenvalue weighted by Crippen LogP contribution is 2.18. The summed E-state index contributed by atoms with van der Waals surface area (Å²) in [6.45, 7) is 1.85. The quantitative estimate of drug-likeness (QED) is 0.551. The normalized spacial score (nSPS) is 11.4. The Kier molecular flexibility index (Phi) is 2.09. The van der Waals surface area contributed by atoms with Crippen LogP contribution in [0.5, 0.6) is 0 Å². The Bertz CT molecular complexity index is 992. The molecule has 0 atom stereocenters. The molecule has 0 aliphatic carbocycles. The third-order valence-electron chi connectivity index (χ3n) is 3.31. The van der Waals surface area contributed by atoms with Gasteiger partial charge in [0, 0.05) is 17.1 Å². The lowest BCUT2D eigenvalue weighted by Crippen LogP contribution is -2.14. The van der Waals surface area contributed by atoms with Crippen molar-refractivity contribution in [1.82, 2.24) is 24.5 Å². The molecule has 0 bridgehead atoms. The number of imidazole rings is 1. The van der Waals surface area contributed by atoms with Crippen LogP contribution in [0.4, 0.5) is 0 Å². The van der Waals surface area contributed by atoms with Crippen molar-refractivity contribution in [3.63, 3.8) is 0 Å². The lowest BCUT2D eigenvalue weighted by Gasteiger charge is -2.03. The largest absolute Gasteiger partial charge is 0.361 e. The summed E-state index contributed by atoms with van der Waals surface area (Å²) in [7, 11) is 0. The molecule has 4 rings (SSSR count). The second-order valence-corrected chi connectivity index (χ2v) is 4.70. The first-order valence-corrected chi connectivity index (χ1v) is 6.24. The summed E-state index contributed by atoms with van der Waals surface area (Å²) in [6.07, 6.45) is 3.51. The lowest BCUT2D eigenvalue weighted by atomic mass is 10.2. The Morgan fingerprint density at radius 1 is 1.25 bits per heavy atom. The van der Waals surface area contributed by atoms with Crippen molar-refractivity contribution in [3.05, 3.63) is 52.8 Å². The maximum absolute atomic E-state index is 12.1. The zero-order chi connectivity index (χ0) is 13.7. The first kappa shape index (κ1) is 11.0. The number of H-pyrrole nitrogens is 2. The fraction of sp³-hybridized carbons (Fsp3) is 0.0714. The van der Waals surface area contributed by atoms with E-state index < -0.39 is 0 Å². The van der Waals surface area contributed by atoms with Crippen LogP contribution in [0.3, 0.4) is 0 Å². The van der Waals surface area contributed by atoms with Crippen molar-refractivity contribution >= 4 is 22.2 Å². The summed E-state index contributed by atoms with van der Waals surface area (Å²) in [5.74, 6) is 0. The van der Waals surface area contributed by atoms with E-state index in [0.717, 1.165) is 22.3 Å². The van der Waals surface area contributed by atoms with Crippen LogP contribution in [0.25, 0.3) is 27.9 Å². The van der Waals surface area contributed by atoms with E-state index >= 15 is 0 Å². The van der Waals surface area contributed by atoms with Crippen LogP contribution in [0.1, 0.15) is 5.69 Å². The van der Waals surface area contributed by atoms with Gasteiger partial charge in [0.1, 0.15) is 0 Å². The van der Waals surface area contributed by atoms with Gasteiger partial charge in [0.15, 0.2) is 11.3 Å². The molecule has 0 unspecified atom stereocenters. The molecule has 3 heterocycles. The molecule has 0 saturated heterocycles. The van der Waals surface area contributed by atoms with E-state index in [1.54, 1.807) is 10.8 Å². The van der Waals surface area contributed by atoms with Crippen LogP contribution in [-0.2, 0) is 0 Å². The number of fused-ring (bicyclic) bond motifs is 2. The summed E-state index contributed by atoms with van der Waals surface area (Å²) < 4.78 is 1.54. The van der Waals surface area contributed by atoms with E-state index in [9.17, 15) is 4.79 Å². The highest BCUT2D eigenvalue weighted by Gasteiger charge is 2.11. The lowest BCUT2D eigenvalue weighted by molar-refractivity contribution is 0.997. The van der Waals surface area contributed by atoms with Gasteiger partial charge < -0.3 is 4.98 Å². The summed E-state index contributed by atoms with van der Waals surface area (Å²) in [5.41, 5.74) is 3.38. The zero-order valence-corrected chi connectivity index (χ0v) is 10.7. The van der Waals surface area contributed by atoms with Crippen LogP contribution < -0.4 is 5.69 Å². The molecule has 0 aliphatic heterocycles. The van der Waals surface area contributed by atoms with E-state index in [1.807, 2.05) is 37.4 Å². The van der Waals surface area contributed by atoms with Crippen LogP contribution in [0.2, 0.25) is 0 Å². The van der Waals surface area contributed by atoms with Gasteiger partial charge in [-0.15, -0.1) is 0 Å². The monoisotopic (exact) mass is 265 g/mol. The molecule has 98 valence electrons. The molecule has 2 N–H and O–H groups in total. The van der Waals surface area contributed by atoms with Crippen LogP contribution >= 0.6 is 0 Å². The minimum atomic E-state index is -0.236. The Morgan fingerprint density at radius 3 is 3.05 bits per heavy atom. The minimum absolute atomic E-state index is 0.236. The first-order chi connectivity index (χ1) is 9.72. The average Bonchev–Trinajstić information content (AvgIpc) is 3.00. The number of rotatable bonds is 1. The van der Waals surface area contributed by atoms with Gasteiger partial charge in [0.25, 0.3) is 0 Å². The van der Waals surface area contributed by atoms with E-state index in [2.05, 4.69) is 19.9 Å². The fourth-order valence-corrected chi connectivity index (χ4v) is 2.38. The number of nitrogens with zero attached hydrogens (tertiary/aromatic N) is 3. The average molecular weight is 265 g/mol. The van der Waals surface area contributed by atoms with E-state index in [1.165, 1.54) is 0 Å². The van der Waals surface area contributed by atoms with Crippen LogP contribution in [0.15, 0.2) is 41.5 Å². The van der Waals surface area contributed by atoms with E-state index in [0.29, 0.717) is 11.3 Å². The molecule has 0 amide bonds. The Hall–Kier alpha value is -2.89. The summed E-state index contributed by atoms with van der Waals surface area (Å²) >= 11 is 0. The minimum Gasteiger partial charge on any atom is -0.361 e. The molecule has 3 aromatic heterocycles. The van der Waals surface area contributed by atoms with Gasteiger partial charge in [0.05, 0.1) is 17.6 Å². The maximum atomic E-state index is 12.1. The first-order valence-electron chi connectivity index (χ1n) is 6.24. The second kappa shape index (κ2) is 3.80. The number of hydrogen-bond donors (Lipinski definition) is 2. The van der Waals surface area contributed by atoms with Gasteiger partial charge >= 0.3 is 5.69 Å². The molecule has 0 saturated carbocycles. The molecular weight excluding hydrogens is 254 g/mol. The van der Waals surface area contributed by atoms with Crippen molar-refractivity contribution < 1.29 is 0 Å². The van der Waals surface area contributed by atoms with Gasteiger partial charge in [-0.25, -0.2) is 19.3 Å². The molecule has 0 spiro atoms. The molecule has 6 heteroatoms. The third-order valence-corrected chi connectivity index (χ3v) is 3.31. The molecular formula is C14H11N5O. The maximum Gasteiger partial charge on any atom is 0.333 e. The topological polar surface area (TPSA) is 79.4 Å². The molecule has 4 aromatic rings. The van der Waals surface area contributed by atoms with Crippen molar-refractivity contribution in [2.45, 2.75) is 6.92 Å². The van der Waals surface area contributed by atoms with Crippen molar-refractivity contribution in [2.24, 2.45) is 0 Å². The zero-order valence-electron chi connectivity index (χ0n) is 10.7. The van der Waals surface area contributed by atoms with Crippen LogP contribution in [0, 0.1) is 6.92 Å². The van der Waals surface area contributed by atoms with Gasteiger partial charge in [-0.1, -0.05) is 0 Å². The van der Waals surface area contributed by atoms with Crippen LogP contribution in [-0.4, -0.2) is 24.5 Å². The summed E-state index contributed by atoms with van der Waals surface area (Å²) in [6, 6.07) is 7.75. The van der Waals surface area contributed by atoms with Gasteiger partial charge in [-0.05, 0) is 31.2 Å². The van der Waals surface area contributed by atoms with Gasteiger partial charge in [-0.2, -0.15) is 0 Å². The molecule has 0 fully saturated rings. The van der Waals surface area contributed by atoms with Gasteiger partial charge in [0.2, 0.25) is 0 Å². The number of aromatic amines is 2. The number of aryl methyl sites for hydroxylation is 1. The SMILES string of the molecule is Cc1cnc2[nH]c(=O)n(-c3ccc4[nH]ccc4c3)c2n1. The Balaban J connectivity index is 2.07. The van der Waals surface area contributed by atoms with E-state index in [4.69, 9.17) is 0 Å². The second-order valence-electron chi connectivity index (χ2n) is 4.70. The van der Waals surface area contributed by atoms with Crippen molar-refractivity contribution in [2.75, 3.05) is 0 Å². The summed E-state index contributed by atoms with van der Waals surface area (Å²) in [4.78, 5) is 26.6. The standard InChI is InChI=1S/C14H11N5O/c1-8-7-16-12-13(17-8)19(14(20)18-12)10-2-3-11-9(6-10)4-5-15-11/h2-7,15H,1H3,(H,16,18,20). The smallest absolute Gasteiger partial charge is 0.333 e. The predicted molar refractivity (Wildman–Crippen MR) is 76.1 cm³/mol. The van der Waals surface area contributed by atoms with E-state index in [-0.39, 0.29) is 5.69 Å². The summed E-state index contributed by atoms with van der Waals surface area (Å²) in [5, 5.41) is 1.05. The highest BCUT2D eigenvalue weighted by atomic mass is 16.1. The van der Waals surface area contributed by atoms with Crippen molar-refractivity contribution in [3.8, 4) is 5.69 Å². The molecule has 0 radical (unpaired) electrons. The Morgan fingerprint density at radius 2 is 2.15 bits per heavy atom.